The molecule has 2 rings (SSSR count). The van der Waals surface area contributed by atoms with Gasteiger partial charge in [-0.3, -0.25) is 10.3 Å². The van der Waals surface area contributed by atoms with Gasteiger partial charge in [-0.25, -0.2) is 4.79 Å². The molecule has 0 fully saturated rings. The summed E-state index contributed by atoms with van der Waals surface area (Å²) in [5.74, 6) is 0. The maximum absolute atomic E-state index is 11.7. The predicted octanol–water partition coefficient (Wildman–Crippen LogP) is 3.90. The van der Waals surface area contributed by atoms with Gasteiger partial charge in [-0.2, -0.15) is 0 Å². The van der Waals surface area contributed by atoms with Gasteiger partial charge in [-0.1, -0.05) is 30.3 Å². The number of aryl methyl sites for hydroxylation is 1. The molecule has 1 aromatic heterocycles. The normalized spacial score (nSPS) is 10.0. The lowest BCUT2D eigenvalue weighted by Gasteiger charge is -2.10. The summed E-state index contributed by atoms with van der Waals surface area (Å²) in [5.41, 5.74) is 2.49. The minimum absolute atomic E-state index is 0.244. The first-order valence-corrected chi connectivity index (χ1v) is 6.54. The summed E-state index contributed by atoms with van der Waals surface area (Å²) in [6, 6.07) is 9.53. The lowest BCUT2D eigenvalue weighted by atomic mass is 10.2. The van der Waals surface area contributed by atoms with Crippen LogP contribution in [0.15, 0.2) is 47.2 Å². The van der Waals surface area contributed by atoms with Crippen molar-refractivity contribution in [3.63, 3.8) is 0 Å². The van der Waals surface area contributed by atoms with Crippen molar-refractivity contribution in [2.45, 2.75) is 13.5 Å². The van der Waals surface area contributed by atoms with Gasteiger partial charge in [0.15, 0.2) is 0 Å². The van der Waals surface area contributed by atoms with Crippen LogP contribution < -0.4 is 5.32 Å². The van der Waals surface area contributed by atoms with E-state index in [1.807, 2.05) is 37.3 Å². The zero-order valence-electron chi connectivity index (χ0n) is 10.4. The molecule has 2 aromatic rings. The Kier molecular flexibility index (Phi) is 4.52. The molecular formula is C14H13BrN2O2. The van der Waals surface area contributed by atoms with Gasteiger partial charge in [0.05, 0.1) is 10.2 Å². The molecule has 4 nitrogen and oxygen atoms in total. The van der Waals surface area contributed by atoms with Gasteiger partial charge < -0.3 is 4.74 Å². The zero-order chi connectivity index (χ0) is 13.7. The third-order valence-electron chi connectivity index (χ3n) is 2.53. The van der Waals surface area contributed by atoms with Crippen molar-refractivity contribution in [1.82, 2.24) is 4.98 Å². The fourth-order valence-electron chi connectivity index (χ4n) is 1.55. The van der Waals surface area contributed by atoms with Crippen LogP contribution in [-0.2, 0) is 11.3 Å². The summed E-state index contributed by atoms with van der Waals surface area (Å²) < 4.78 is 5.88. The highest BCUT2D eigenvalue weighted by molar-refractivity contribution is 9.10. The summed E-state index contributed by atoms with van der Waals surface area (Å²) in [6.07, 6.45) is 2.82. The molecule has 1 N–H and O–H groups in total. The van der Waals surface area contributed by atoms with Crippen molar-refractivity contribution in [3.05, 3.63) is 58.3 Å². The molecule has 0 saturated heterocycles. The summed E-state index contributed by atoms with van der Waals surface area (Å²) in [6.45, 7) is 2.11. The second kappa shape index (κ2) is 6.33. The molecule has 0 aliphatic carbocycles. The molecule has 1 aromatic carbocycles. The number of anilines is 1. The number of amides is 1. The lowest BCUT2D eigenvalue weighted by Crippen LogP contribution is -2.14. The van der Waals surface area contributed by atoms with E-state index in [4.69, 9.17) is 4.74 Å². The standard InChI is InChI=1S/C14H13BrN2O2/c1-10-7-16-8-12(15)13(10)17-14(18)19-9-11-5-3-2-4-6-11/h2-8H,9H2,1H3,(H,16,17,18). The van der Waals surface area contributed by atoms with Gasteiger partial charge in [0.1, 0.15) is 6.61 Å². The highest BCUT2D eigenvalue weighted by atomic mass is 79.9. The molecule has 0 bridgehead atoms. The van der Waals surface area contributed by atoms with Crippen LogP contribution in [0.1, 0.15) is 11.1 Å². The Morgan fingerprint density at radius 2 is 2.05 bits per heavy atom. The van der Waals surface area contributed by atoms with E-state index in [1.165, 1.54) is 0 Å². The molecule has 0 unspecified atom stereocenters. The highest BCUT2D eigenvalue weighted by Crippen LogP contribution is 2.24. The number of carbonyl (C=O) groups excluding carboxylic acids is 1. The molecule has 98 valence electrons. The van der Waals surface area contributed by atoms with Gasteiger partial charge in [-0.05, 0) is 34.0 Å². The minimum atomic E-state index is -0.487. The number of hydrogen-bond donors (Lipinski definition) is 1. The summed E-state index contributed by atoms with van der Waals surface area (Å²) in [4.78, 5) is 15.7. The van der Waals surface area contributed by atoms with E-state index >= 15 is 0 Å². The number of hydrogen-bond acceptors (Lipinski definition) is 3. The van der Waals surface area contributed by atoms with Crippen LogP contribution in [0.4, 0.5) is 10.5 Å². The number of nitrogens with zero attached hydrogens (tertiary/aromatic N) is 1. The van der Waals surface area contributed by atoms with E-state index in [9.17, 15) is 4.79 Å². The number of halogens is 1. The van der Waals surface area contributed by atoms with E-state index in [0.717, 1.165) is 15.6 Å². The van der Waals surface area contributed by atoms with Crippen molar-refractivity contribution in [2.24, 2.45) is 0 Å². The Morgan fingerprint density at radius 1 is 1.32 bits per heavy atom. The summed E-state index contributed by atoms with van der Waals surface area (Å²) in [5, 5.41) is 2.70. The molecule has 1 heterocycles. The topological polar surface area (TPSA) is 51.2 Å². The molecule has 0 atom stereocenters. The maximum Gasteiger partial charge on any atom is 0.412 e. The minimum Gasteiger partial charge on any atom is -0.444 e. The van der Waals surface area contributed by atoms with Crippen molar-refractivity contribution < 1.29 is 9.53 Å². The van der Waals surface area contributed by atoms with Gasteiger partial charge >= 0.3 is 6.09 Å². The molecular weight excluding hydrogens is 308 g/mol. The second-order valence-corrected chi connectivity index (χ2v) is 4.85. The molecule has 19 heavy (non-hydrogen) atoms. The van der Waals surface area contributed by atoms with Crippen LogP contribution in [0.25, 0.3) is 0 Å². The average Bonchev–Trinajstić information content (AvgIpc) is 2.42. The van der Waals surface area contributed by atoms with Crippen LogP contribution >= 0.6 is 15.9 Å². The van der Waals surface area contributed by atoms with Crippen LogP contribution in [0.3, 0.4) is 0 Å². The Bertz CT molecular complexity index is 553. The van der Waals surface area contributed by atoms with Crippen molar-refractivity contribution in [2.75, 3.05) is 5.32 Å². The first kappa shape index (κ1) is 13.5. The fraction of sp³-hybridized carbons (Fsp3) is 0.143. The van der Waals surface area contributed by atoms with E-state index < -0.39 is 6.09 Å². The van der Waals surface area contributed by atoms with Crippen molar-refractivity contribution in [1.29, 1.82) is 0 Å². The third kappa shape index (κ3) is 3.79. The third-order valence-corrected chi connectivity index (χ3v) is 3.13. The molecule has 0 radical (unpaired) electrons. The smallest absolute Gasteiger partial charge is 0.412 e. The second-order valence-electron chi connectivity index (χ2n) is 4.00. The number of rotatable bonds is 3. The van der Waals surface area contributed by atoms with Crippen LogP contribution in [-0.4, -0.2) is 11.1 Å². The Morgan fingerprint density at radius 3 is 2.74 bits per heavy atom. The van der Waals surface area contributed by atoms with Crippen LogP contribution in [0, 0.1) is 6.92 Å². The number of ether oxygens (including phenoxy) is 1. The van der Waals surface area contributed by atoms with E-state index in [2.05, 4.69) is 26.2 Å². The SMILES string of the molecule is Cc1cncc(Br)c1NC(=O)OCc1ccccc1. The van der Waals surface area contributed by atoms with Crippen molar-refractivity contribution in [3.8, 4) is 0 Å². The quantitative estimate of drug-likeness (QED) is 0.933. The van der Waals surface area contributed by atoms with Crippen LogP contribution in [0.5, 0.6) is 0 Å². The summed E-state index contributed by atoms with van der Waals surface area (Å²) >= 11 is 3.34. The van der Waals surface area contributed by atoms with Crippen molar-refractivity contribution >= 4 is 27.7 Å². The first-order valence-electron chi connectivity index (χ1n) is 5.74. The number of benzene rings is 1. The molecule has 0 saturated carbocycles. The van der Waals surface area contributed by atoms with Gasteiger partial charge in [0, 0.05) is 12.4 Å². The largest absolute Gasteiger partial charge is 0.444 e. The Labute approximate surface area is 119 Å². The zero-order valence-corrected chi connectivity index (χ0v) is 12.0. The number of nitrogens with one attached hydrogen (secondary N) is 1. The molecule has 0 spiro atoms. The maximum atomic E-state index is 11.7. The van der Waals surface area contributed by atoms with Crippen LogP contribution in [0.2, 0.25) is 0 Å². The van der Waals surface area contributed by atoms with Gasteiger partial charge in [-0.15, -0.1) is 0 Å². The first-order chi connectivity index (χ1) is 9.16. The average molecular weight is 321 g/mol. The van der Waals surface area contributed by atoms with E-state index in [0.29, 0.717) is 5.69 Å². The number of pyridine rings is 1. The number of aromatic nitrogens is 1. The Balaban J connectivity index is 1.95. The fourth-order valence-corrected chi connectivity index (χ4v) is 2.08. The Hall–Kier alpha value is -1.88. The lowest BCUT2D eigenvalue weighted by molar-refractivity contribution is 0.155. The number of carbonyl (C=O) groups is 1. The molecule has 0 aliphatic heterocycles. The summed E-state index contributed by atoms with van der Waals surface area (Å²) in [7, 11) is 0. The monoisotopic (exact) mass is 320 g/mol. The molecule has 5 heteroatoms. The highest BCUT2D eigenvalue weighted by Gasteiger charge is 2.09. The predicted molar refractivity (Wildman–Crippen MR) is 76.9 cm³/mol. The van der Waals surface area contributed by atoms with E-state index in [1.54, 1.807) is 12.4 Å². The van der Waals surface area contributed by atoms with Gasteiger partial charge in [0.25, 0.3) is 0 Å². The molecule has 1 amide bonds. The molecule has 0 aliphatic rings. The van der Waals surface area contributed by atoms with Gasteiger partial charge in [0.2, 0.25) is 0 Å². The van der Waals surface area contributed by atoms with E-state index in [-0.39, 0.29) is 6.61 Å².